The Morgan fingerprint density at radius 3 is 3.00 bits per heavy atom. The molecule has 4 heteroatoms. The van der Waals surface area contributed by atoms with E-state index in [1.54, 1.807) is 7.11 Å². The summed E-state index contributed by atoms with van der Waals surface area (Å²) < 4.78 is 10.8. The van der Waals surface area contributed by atoms with Gasteiger partial charge in [-0.1, -0.05) is 13.0 Å². The number of halogens is 1. The van der Waals surface area contributed by atoms with E-state index in [4.69, 9.17) is 9.47 Å². The Morgan fingerprint density at radius 1 is 1.69 bits per heavy atom. The molecule has 1 aliphatic carbocycles. The number of carbonyl (C=O) groups excluding carboxylic acids is 1. The van der Waals surface area contributed by atoms with Crippen molar-refractivity contribution in [3.8, 4) is 0 Å². The quantitative estimate of drug-likeness (QED) is 0.716. The number of allylic oxidation sites excluding steroid dienone is 1. The standard InChI is InChI=1S/C9H13BrO3/c1-6-8(13-5-12-2)4-3-7(10)9(6)11/h3,6,8H,4-5H2,1-2H3/t6-,8-/m0/s1. The number of hydrogen-bond acceptors (Lipinski definition) is 3. The van der Waals surface area contributed by atoms with Crippen molar-refractivity contribution in [1.82, 2.24) is 0 Å². The van der Waals surface area contributed by atoms with Gasteiger partial charge >= 0.3 is 0 Å². The fourth-order valence-corrected chi connectivity index (χ4v) is 1.83. The van der Waals surface area contributed by atoms with Crippen molar-refractivity contribution in [3.05, 3.63) is 10.6 Å². The number of methoxy groups -OCH3 is 1. The Morgan fingerprint density at radius 2 is 2.38 bits per heavy atom. The molecule has 0 aliphatic heterocycles. The molecular weight excluding hydrogens is 236 g/mol. The summed E-state index contributed by atoms with van der Waals surface area (Å²) in [4.78, 5) is 11.5. The Bertz CT molecular complexity index is 225. The molecule has 0 aromatic rings. The summed E-state index contributed by atoms with van der Waals surface area (Å²) in [7, 11) is 1.57. The summed E-state index contributed by atoms with van der Waals surface area (Å²) in [6, 6.07) is 0. The van der Waals surface area contributed by atoms with Gasteiger partial charge < -0.3 is 9.47 Å². The highest BCUT2D eigenvalue weighted by atomic mass is 79.9. The lowest BCUT2D eigenvalue weighted by Gasteiger charge is -2.25. The molecular formula is C9H13BrO3. The number of carbonyl (C=O) groups is 1. The van der Waals surface area contributed by atoms with E-state index in [0.717, 1.165) is 6.42 Å². The molecule has 0 saturated carbocycles. The third-order valence-electron chi connectivity index (χ3n) is 2.14. The van der Waals surface area contributed by atoms with Gasteiger partial charge in [-0.25, -0.2) is 0 Å². The molecule has 74 valence electrons. The van der Waals surface area contributed by atoms with E-state index in [9.17, 15) is 4.79 Å². The van der Waals surface area contributed by atoms with E-state index in [1.165, 1.54) is 0 Å². The molecule has 0 saturated heterocycles. The summed E-state index contributed by atoms with van der Waals surface area (Å²) >= 11 is 3.21. The maximum atomic E-state index is 11.5. The first-order valence-corrected chi connectivity index (χ1v) is 4.96. The number of ether oxygens (including phenoxy) is 2. The van der Waals surface area contributed by atoms with Crippen molar-refractivity contribution >= 4 is 21.7 Å². The second kappa shape index (κ2) is 4.88. The average Bonchev–Trinajstić information content (AvgIpc) is 2.13. The van der Waals surface area contributed by atoms with Crippen LogP contribution in [-0.2, 0) is 14.3 Å². The zero-order valence-electron chi connectivity index (χ0n) is 7.75. The molecule has 13 heavy (non-hydrogen) atoms. The lowest BCUT2D eigenvalue weighted by Crippen LogP contribution is -2.32. The number of Topliss-reactive ketones (excluding diaryl/α,β-unsaturated/α-hetero) is 1. The zero-order valence-corrected chi connectivity index (χ0v) is 9.33. The summed E-state index contributed by atoms with van der Waals surface area (Å²) in [5, 5.41) is 0. The maximum absolute atomic E-state index is 11.5. The van der Waals surface area contributed by atoms with Gasteiger partial charge in [-0.2, -0.15) is 0 Å². The molecule has 0 bridgehead atoms. The summed E-state index contributed by atoms with van der Waals surface area (Å²) in [5.41, 5.74) is 0. The molecule has 0 N–H and O–H groups in total. The van der Waals surface area contributed by atoms with Crippen LogP contribution in [0.1, 0.15) is 13.3 Å². The second-order valence-electron chi connectivity index (χ2n) is 3.05. The minimum atomic E-state index is -0.0884. The first-order valence-electron chi connectivity index (χ1n) is 4.17. The average molecular weight is 249 g/mol. The maximum Gasteiger partial charge on any atom is 0.174 e. The van der Waals surface area contributed by atoms with Crippen LogP contribution in [0.5, 0.6) is 0 Å². The van der Waals surface area contributed by atoms with Crippen LogP contribution in [0.25, 0.3) is 0 Å². The van der Waals surface area contributed by atoms with Crippen LogP contribution in [0.15, 0.2) is 10.6 Å². The van der Waals surface area contributed by atoms with Gasteiger partial charge in [-0.05, 0) is 22.4 Å². The molecule has 0 aromatic heterocycles. The van der Waals surface area contributed by atoms with E-state index in [0.29, 0.717) is 4.48 Å². The highest BCUT2D eigenvalue weighted by Gasteiger charge is 2.29. The molecule has 3 nitrogen and oxygen atoms in total. The van der Waals surface area contributed by atoms with Gasteiger partial charge in [-0.15, -0.1) is 0 Å². The first-order chi connectivity index (χ1) is 6.16. The fourth-order valence-electron chi connectivity index (χ4n) is 1.28. The molecule has 0 fully saturated rings. The third kappa shape index (κ3) is 2.62. The van der Waals surface area contributed by atoms with Crippen molar-refractivity contribution in [2.24, 2.45) is 5.92 Å². The fraction of sp³-hybridized carbons (Fsp3) is 0.667. The predicted molar refractivity (Wildman–Crippen MR) is 52.5 cm³/mol. The predicted octanol–water partition coefficient (Wildman–Crippen LogP) is 1.86. The molecule has 2 atom stereocenters. The summed E-state index contributed by atoms with van der Waals surface area (Å²) in [6.45, 7) is 2.12. The normalized spacial score (nSPS) is 28.8. The minimum absolute atomic E-state index is 0.0475. The van der Waals surface area contributed by atoms with Crippen LogP contribution in [0.3, 0.4) is 0 Å². The molecule has 0 heterocycles. The SMILES string of the molecule is COCO[C@H]1CC=C(Br)C(=O)[C@H]1C. The van der Waals surface area contributed by atoms with E-state index in [1.807, 2.05) is 13.0 Å². The monoisotopic (exact) mass is 248 g/mol. The van der Waals surface area contributed by atoms with Crippen molar-refractivity contribution in [2.75, 3.05) is 13.9 Å². The Hall–Kier alpha value is -0.190. The second-order valence-corrected chi connectivity index (χ2v) is 3.91. The summed E-state index contributed by atoms with van der Waals surface area (Å²) in [6.07, 6.45) is 2.56. The zero-order chi connectivity index (χ0) is 9.84. The summed E-state index contributed by atoms with van der Waals surface area (Å²) in [5.74, 6) is 0.0156. The Balaban J connectivity index is 2.55. The van der Waals surface area contributed by atoms with E-state index in [2.05, 4.69) is 15.9 Å². The van der Waals surface area contributed by atoms with Gasteiger partial charge in [0.15, 0.2) is 5.78 Å². The Kier molecular flexibility index (Phi) is 4.09. The lowest BCUT2D eigenvalue weighted by atomic mass is 9.92. The van der Waals surface area contributed by atoms with Crippen molar-refractivity contribution in [2.45, 2.75) is 19.4 Å². The molecule has 0 amide bonds. The van der Waals surface area contributed by atoms with Crippen molar-refractivity contribution < 1.29 is 14.3 Å². The van der Waals surface area contributed by atoms with Crippen molar-refractivity contribution in [3.63, 3.8) is 0 Å². The minimum Gasteiger partial charge on any atom is -0.359 e. The third-order valence-corrected chi connectivity index (χ3v) is 2.85. The van der Waals surface area contributed by atoms with Crippen LogP contribution >= 0.6 is 15.9 Å². The van der Waals surface area contributed by atoms with E-state index in [-0.39, 0.29) is 24.6 Å². The molecule has 0 unspecified atom stereocenters. The van der Waals surface area contributed by atoms with Crippen LogP contribution in [0.4, 0.5) is 0 Å². The van der Waals surface area contributed by atoms with Gasteiger partial charge in [0.1, 0.15) is 6.79 Å². The van der Waals surface area contributed by atoms with Crippen LogP contribution in [-0.4, -0.2) is 25.8 Å². The van der Waals surface area contributed by atoms with Gasteiger partial charge in [0, 0.05) is 13.0 Å². The largest absolute Gasteiger partial charge is 0.359 e. The van der Waals surface area contributed by atoms with Gasteiger partial charge in [0.05, 0.1) is 10.6 Å². The topological polar surface area (TPSA) is 35.5 Å². The number of hydrogen-bond donors (Lipinski definition) is 0. The van der Waals surface area contributed by atoms with Crippen molar-refractivity contribution in [1.29, 1.82) is 0 Å². The Labute approximate surface area is 86.2 Å². The van der Waals surface area contributed by atoms with Crippen LogP contribution in [0, 0.1) is 5.92 Å². The van der Waals surface area contributed by atoms with Gasteiger partial charge in [0.25, 0.3) is 0 Å². The van der Waals surface area contributed by atoms with E-state index < -0.39 is 0 Å². The van der Waals surface area contributed by atoms with Crippen LogP contribution < -0.4 is 0 Å². The highest BCUT2D eigenvalue weighted by Crippen LogP contribution is 2.26. The molecule has 1 aliphatic rings. The van der Waals surface area contributed by atoms with Crippen LogP contribution in [0.2, 0.25) is 0 Å². The van der Waals surface area contributed by atoms with Gasteiger partial charge in [0.2, 0.25) is 0 Å². The molecule has 0 radical (unpaired) electrons. The molecule has 1 rings (SSSR count). The number of rotatable bonds is 3. The molecule has 0 aromatic carbocycles. The van der Waals surface area contributed by atoms with E-state index >= 15 is 0 Å². The van der Waals surface area contributed by atoms with Gasteiger partial charge in [-0.3, -0.25) is 4.79 Å². The first kappa shape index (κ1) is 10.9. The highest BCUT2D eigenvalue weighted by molar-refractivity contribution is 9.12. The smallest absolute Gasteiger partial charge is 0.174 e. The lowest BCUT2D eigenvalue weighted by molar-refractivity contribution is -0.130. The number of ketones is 1. The molecule has 0 spiro atoms.